The minimum absolute atomic E-state index is 0.108. The molecule has 0 bridgehead atoms. The topological polar surface area (TPSA) is 105 Å². The summed E-state index contributed by atoms with van der Waals surface area (Å²) in [4.78, 5) is 35.1. The van der Waals surface area contributed by atoms with Gasteiger partial charge in [-0.2, -0.15) is 0 Å². The normalized spacial score (nSPS) is 11.7. The van der Waals surface area contributed by atoms with Crippen LogP contribution in [0.25, 0.3) is 0 Å². The molecule has 0 aliphatic rings. The van der Waals surface area contributed by atoms with Gasteiger partial charge in [0.1, 0.15) is 11.8 Å². The van der Waals surface area contributed by atoms with Gasteiger partial charge >= 0.3 is 5.97 Å². The Morgan fingerprint density at radius 1 is 1.29 bits per heavy atom. The van der Waals surface area contributed by atoms with E-state index in [0.717, 1.165) is 0 Å². The molecular weight excluding hydrogens is 336 g/mol. The van der Waals surface area contributed by atoms with E-state index >= 15 is 0 Å². The molecule has 0 aliphatic heterocycles. The predicted octanol–water partition coefficient (Wildman–Crippen LogP) is 1.69. The lowest BCUT2D eigenvalue weighted by Crippen LogP contribution is -2.46. The lowest BCUT2D eigenvalue weighted by atomic mass is 10.0. The van der Waals surface area contributed by atoms with Crippen molar-refractivity contribution in [1.82, 2.24) is 10.6 Å². The van der Waals surface area contributed by atoms with Crippen molar-refractivity contribution in [2.75, 3.05) is 13.7 Å². The molecule has 1 atom stereocenters. The number of nitrogens with one attached hydrogen (secondary N) is 2. The molecule has 132 valence electrons. The summed E-state index contributed by atoms with van der Waals surface area (Å²) < 4.78 is 5.07. The molecule has 0 spiro atoms. The smallest absolute Gasteiger partial charge is 0.326 e. The maximum absolute atomic E-state index is 12.1. The van der Waals surface area contributed by atoms with Crippen molar-refractivity contribution in [1.29, 1.82) is 0 Å². The minimum atomic E-state index is -1.11. The Morgan fingerprint density at radius 2 is 1.96 bits per heavy atom. The Kier molecular flexibility index (Phi) is 7.51. The number of carboxylic acid groups (broad SMARTS) is 1. The maximum atomic E-state index is 12.1. The Labute approximate surface area is 145 Å². The van der Waals surface area contributed by atoms with Gasteiger partial charge in [-0.3, -0.25) is 9.59 Å². The first-order valence-electron chi connectivity index (χ1n) is 7.38. The lowest BCUT2D eigenvalue weighted by molar-refractivity contribution is -0.142. The number of benzene rings is 1. The molecule has 0 aromatic heterocycles. The molecule has 0 heterocycles. The minimum Gasteiger partial charge on any atom is -0.496 e. The zero-order valence-corrected chi connectivity index (χ0v) is 14.5. The first-order valence-corrected chi connectivity index (χ1v) is 7.76. The summed E-state index contributed by atoms with van der Waals surface area (Å²) in [7, 11) is 1.41. The second-order valence-electron chi connectivity index (χ2n) is 5.62. The van der Waals surface area contributed by atoms with E-state index in [9.17, 15) is 14.4 Å². The Balaban J connectivity index is 2.65. The molecule has 1 aromatic rings. The highest BCUT2D eigenvalue weighted by Gasteiger charge is 2.21. The molecule has 24 heavy (non-hydrogen) atoms. The van der Waals surface area contributed by atoms with E-state index in [2.05, 4.69) is 10.6 Å². The summed E-state index contributed by atoms with van der Waals surface area (Å²) >= 11 is 5.85. The number of rotatable bonds is 8. The van der Waals surface area contributed by atoms with Crippen LogP contribution in [0, 0.1) is 5.92 Å². The fraction of sp³-hybridized carbons (Fsp3) is 0.438. The van der Waals surface area contributed by atoms with Gasteiger partial charge in [-0.15, -0.1) is 0 Å². The number of hydrogen-bond donors (Lipinski definition) is 3. The van der Waals surface area contributed by atoms with Gasteiger partial charge in [0, 0.05) is 5.02 Å². The third kappa shape index (κ3) is 6.08. The fourth-order valence-electron chi connectivity index (χ4n) is 2.05. The molecule has 0 saturated heterocycles. The van der Waals surface area contributed by atoms with E-state index in [-0.39, 0.29) is 18.0 Å². The van der Waals surface area contributed by atoms with Crippen molar-refractivity contribution in [3.63, 3.8) is 0 Å². The number of carboxylic acids is 1. The van der Waals surface area contributed by atoms with E-state index in [0.29, 0.717) is 17.2 Å². The van der Waals surface area contributed by atoms with E-state index < -0.39 is 23.8 Å². The standard InChI is InChI=1S/C16H21ClN2O5/c1-9(2)6-12(16(22)23)19-14(20)8-18-15(21)11-7-10(17)4-5-13(11)24-3/h4-5,7,9,12H,6,8H2,1-3H3,(H,18,21)(H,19,20)(H,22,23)/t12-/m0/s1. The number of aliphatic carboxylic acids is 1. The third-order valence-electron chi connectivity index (χ3n) is 3.16. The first-order chi connectivity index (χ1) is 11.2. The quantitative estimate of drug-likeness (QED) is 0.657. The van der Waals surface area contributed by atoms with Crippen molar-refractivity contribution >= 4 is 29.4 Å². The van der Waals surface area contributed by atoms with Crippen molar-refractivity contribution in [2.45, 2.75) is 26.3 Å². The fourth-order valence-corrected chi connectivity index (χ4v) is 2.22. The number of methoxy groups -OCH3 is 1. The van der Waals surface area contributed by atoms with Gasteiger partial charge in [-0.1, -0.05) is 25.4 Å². The number of halogens is 1. The molecule has 2 amide bonds. The van der Waals surface area contributed by atoms with Crippen molar-refractivity contribution in [3.8, 4) is 5.75 Å². The van der Waals surface area contributed by atoms with Crippen molar-refractivity contribution in [3.05, 3.63) is 28.8 Å². The van der Waals surface area contributed by atoms with Gasteiger partial charge in [0.05, 0.1) is 19.2 Å². The molecule has 8 heteroatoms. The maximum Gasteiger partial charge on any atom is 0.326 e. The van der Waals surface area contributed by atoms with Crippen LogP contribution in [0.3, 0.4) is 0 Å². The van der Waals surface area contributed by atoms with Gasteiger partial charge in [0.2, 0.25) is 5.91 Å². The first kappa shape index (κ1) is 19.8. The van der Waals surface area contributed by atoms with Crippen molar-refractivity contribution < 1.29 is 24.2 Å². The molecule has 0 fully saturated rings. The molecule has 0 unspecified atom stereocenters. The van der Waals surface area contributed by atoms with Crippen LogP contribution in [0.5, 0.6) is 5.75 Å². The monoisotopic (exact) mass is 356 g/mol. The van der Waals surface area contributed by atoms with E-state index in [1.807, 2.05) is 13.8 Å². The second-order valence-corrected chi connectivity index (χ2v) is 6.05. The number of hydrogen-bond acceptors (Lipinski definition) is 4. The third-order valence-corrected chi connectivity index (χ3v) is 3.39. The highest BCUT2D eigenvalue weighted by atomic mass is 35.5. The zero-order chi connectivity index (χ0) is 18.3. The van der Waals surface area contributed by atoms with Crippen LogP contribution in [0.2, 0.25) is 5.02 Å². The van der Waals surface area contributed by atoms with Gasteiger partial charge in [0.15, 0.2) is 0 Å². The van der Waals surface area contributed by atoms with Crippen molar-refractivity contribution in [2.24, 2.45) is 5.92 Å². The van der Waals surface area contributed by atoms with Crippen LogP contribution in [-0.2, 0) is 9.59 Å². The summed E-state index contributed by atoms with van der Waals surface area (Å²) in [6, 6.07) is 3.55. The molecule has 0 radical (unpaired) electrons. The summed E-state index contributed by atoms with van der Waals surface area (Å²) in [6.07, 6.45) is 0.303. The highest BCUT2D eigenvalue weighted by Crippen LogP contribution is 2.22. The van der Waals surface area contributed by atoms with Gasteiger partial charge in [0.25, 0.3) is 5.91 Å². The van der Waals surface area contributed by atoms with Crippen LogP contribution in [0.4, 0.5) is 0 Å². The van der Waals surface area contributed by atoms with Crippen LogP contribution in [0.1, 0.15) is 30.6 Å². The number of carbonyl (C=O) groups excluding carboxylic acids is 2. The van der Waals surface area contributed by atoms with Crippen LogP contribution in [-0.4, -0.2) is 42.6 Å². The summed E-state index contributed by atoms with van der Waals surface area (Å²) in [5.74, 6) is -1.81. The Hall–Kier alpha value is -2.28. The van der Waals surface area contributed by atoms with E-state index in [4.69, 9.17) is 21.4 Å². The lowest BCUT2D eigenvalue weighted by Gasteiger charge is -2.16. The predicted molar refractivity (Wildman–Crippen MR) is 89.4 cm³/mol. The SMILES string of the molecule is COc1ccc(Cl)cc1C(=O)NCC(=O)N[C@@H](CC(C)C)C(=O)O. The summed E-state index contributed by atoms with van der Waals surface area (Å²) in [6.45, 7) is 3.36. The number of ether oxygens (including phenoxy) is 1. The van der Waals surface area contributed by atoms with E-state index in [1.165, 1.54) is 13.2 Å². The highest BCUT2D eigenvalue weighted by molar-refractivity contribution is 6.31. The van der Waals surface area contributed by atoms with Crippen LogP contribution < -0.4 is 15.4 Å². The van der Waals surface area contributed by atoms with Crippen LogP contribution in [0.15, 0.2) is 18.2 Å². The molecule has 0 aliphatic carbocycles. The molecule has 0 saturated carbocycles. The van der Waals surface area contributed by atoms with E-state index in [1.54, 1.807) is 12.1 Å². The zero-order valence-electron chi connectivity index (χ0n) is 13.8. The van der Waals surface area contributed by atoms with Gasteiger partial charge < -0.3 is 20.5 Å². The van der Waals surface area contributed by atoms with Gasteiger partial charge in [-0.05, 0) is 30.5 Å². The molecule has 1 rings (SSSR count). The average Bonchev–Trinajstić information content (AvgIpc) is 2.51. The molecule has 1 aromatic carbocycles. The second kappa shape index (κ2) is 9.12. The molecule has 3 N–H and O–H groups in total. The molecular formula is C16H21ClN2O5. The summed E-state index contributed by atoms with van der Waals surface area (Å²) in [5, 5.41) is 14.2. The Morgan fingerprint density at radius 3 is 2.50 bits per heavy atom. The largest absolute Gasteiger partial charge is 0.496 e. The number of carbonyl (C=O) groups is 3. The van der Waals surface area contributed by atoms with Crippen LogP contribution >= 0.6 is 11.6 Å². The average molecular weight is 357 g/mol. The molecule has 7 nitrogen and oxygen atoms in total. The van der Waals surface area contributed by atoms with Gasteiger partial charge in [-0.25, -0.2) is 4.79 Å². The Bertz CT molecular complexity index is 618. The number of amides is 2. The summed E-state index contributed by atoms with van der Waals surface area (Å²) in [5.41, 5.74) is 0.190.